The third-order valence-corrected chi connectivity index (χ3v) is 5.19. The molecule has 6 heteroatoms. The number of allylic oxidation sites excluding steroid dienone is 1. The predicted molar refractivity (Wildman–Crippen MR) is 109 cm³/mol. The van der Waals surface area contributed by atoms with E-state index in [1.807, 2.05) is 48.5 Å². The molecule has 1 aliphatic heterocycles. The highest BCUT2D eigenvalue weighted by Gasteiger charge is 2.32. The van der Waals surface area contributed by atoms with Crippen molar-refractivity contribution in [3.8, 4) is 0 Å². The number of nitrogens with zero attached hydrogens (tertiary/aromatic N) is 1. The zero-order valence-corrected chi connectivity index (χ0v) is 16.3. The van der Waals surface area contributed by atoms with Gasteiger partial charge in [0, 0.05) is 18.0 Å². The van der Waals surface area contributed by atoms with Crippen LogP contribution in [0.25, 0.3) is 10.9 Å². The van der Waals surface area contributed by atoms with Crippen LogP contribution in [-0.4, -0.2) is 24.4 Å². The predicted octanol–water partition coefficient (Wildman–Crippen LogP) is 3.50. The second-order valence-electron chi connectivity index (χ2n) is 6.85. The van der Waals surface area contributed by atoms with Crippen molar-refractivity contribution >= 4 is 16.9 Å². The van der Waals surface area contributed by atoms with Crippen LogP contribution in [0.4, 0.5) is 0 Å². The van der Waals surface area contributed by atoms with Crippen molar-refractivity contribution in [2.24, 2.45) is 7.05 Å². The van der Waals surface area contributed by atoms with E-state index in [1.165, 1.54) is 13.4 Å². The normalized spacial score (nSPS) is 14.1. The second-order valence-corrected chi connectivity index (χ2v) is 6.85. The number of para-hydroxylation sites is 1. The fourth-order valence-electron chi connectivity index (χ4n) is 3.81. The maximum absolute atomic E-state index is 13.6. The molecule has 2 heterocycles. The molecular formula is C23H21NO5. The zero-order chi connectivity index (χ0) is 20.4. The van der Waals surface area contributed by atoms with Crippen molar-refractivity contribution < 1.29 is 19.0 Å². The summed E-state index contributed by atoms with van der Waals surface area (Å²) in [4.78, 5) is 26.3. The molecule has 0 aliphatic carbocycles. The number of benzene rings is 2. The molecule has 1 aromatic heterocycles. The number of methoxy groups -OCH3 is 1. The van der Waals surface area contributed by atoms with Gasteiger partial charge in [0.25, 0.3) is 0 Å². The van der Waals surface area contributed by atoms with E-state index in [4.69, 9.17) is 14.2 Å². The first kappa shape index (κ1) is 18.8. The third-order valence-electron chi connectivity index (χ3n) is 5.19. The van der Waals surface area contributed by atoms with E-state index in [0.717, 1.165) is 5.56 Å². The Bertz CT molecular complexity index is 1150. The van der Waals surface area contributed by atoms with Crippen molar-refractivity contribution in [2.45, 2.75) is 12.3 Å². The SMILES string of the molecule is COC(=O)c1c(C(Cc2ccccc2)C2=COCO2)c(=O)c2ccccc2n1C. The van der Waals surface area contributed by atoms with E-state index in [1.54, 1.807) is 17.7 Å². The number of aryl methyl sites for hydroxylation is 1. The summed E-state index contributed by atoms with van der Waals surface area (Å²) in [5, 5.41) is 0.537. The van der Waals surface area contributed by atoms with Gasteiger partial charge < -0.3 is 18.8 Å². The van der Waals surface area contributed by atoms with Gasteiger partial charge >= 0.3 is 5.97 Å². The Labute approximate surface area is 167 Å². The van der Waals surface area contributed by atoms with Crippen molar-refractivity contribution in [1.82, 2.24) is 4.57 Å². The third kappa shape index (κ3) is 3.38. The maximum Gasteiger partial charge on any atom is 0.355 e. The summed E-state index contributed by atoms with van der Waals surface area (Å²) in [7, 11) is 3.07. The highest BCUT2D eigenvalue weighted by molar-refractivity contribution is 5.94. The van der Waals surface area contributed by atoms with Crippen LogP contribution in [0, 0.1) is 0 Å². The van der Waals surface area contributed by atoms with Gasteiger partial charge in [-0.1, -0.05) is 42.5 Å². The average molecular weight is 391 g/mol. The summed E-state index contributed by atoms with van der Waals surface area (Å²) < 4.78 is 17.7. The van der Waals surface area contributed by atoms with Gasteiger partial charge in [-0.2, -0.15) is 0 Å². The number of hydrogen-bond donors (Lipinski definition) is 0. The molecule has 0 radical (unpaired) electrons. The van der Waals surface area contributed by atoms with E-state index in [-0.39, 0.29) is 17.9 Å². The first-order valence-electron chi connectivity index (χ1n) is 9.30. The molecule has 0 saturated carbocycles. The summed E-state index contributed by atoms with van der Waals surface area (Å²) >= 11 is 0. The van der Waals surface area contributed by atoms with Gasteiger partial charge in [0.2, 0.25) is 6.79 Å². The largest absolute Gasteiger partial charge is 0.464 e. The van der Waals surface area contributed by atoms with Crippen LogP contribution in [0.2, 0.25) is 0 Å². The number of rotatable bonds is 5. The van der Waals surface area contributed by atoms with Crippen LogP contribution in [0.3, 0.4) is 0 Å². The highest BCUT2D eigenvalue weighted by Crippen LogP contribution is 2.33. The zero-order valence-electron chi connectivity index (χ0n) is 16.3. The Kier molecular flexibility index (Phi) is 5.08. The number of pyridine rings is 1. The highest BCUT2D eigenvalue weighted by atomic mass is 16.7. The smallest absolute Gasteiger partial charge is 0.355 e. The molecule has 6 nitrogen and oxygen atoms in total. The van der Waals surface area contributed by atoms with Gasteiger partial charge in [-0.3, -0.25) is 4.79 Å². The van der Waals surface area contributed by atoms with E-state index < -0.39 is 11.9 Å². The lowest BCUT2D eigenvalue weighted by Crippen LogP contribution is -2.27. The number of aromatic nitrogens is 1. The molecular weight excluding hydrogens is 370 g/mol. The fraction of sp³-hybridized carbons (Fsp3) is 0.217. The Morgan fingerprint density at radius 1 is 1.14 bits per heavy atom. The van der Waals surface area contributed by atoms with Crippen LogP contribution in [-0.2, 0) is 27.7 Å². The lowest BCUT2D eigenvalue weighted by Gasteiger charge is -2.22. The molecule has 0 amide bonds. The number of ether oxygens (including phenoxy) is 3. The minimum absolute atomic E-state index is 0.0854. The minimum Gasteiger partial charge on any atom is -0.464 e. The molecule has 0 spiro atoms. The van der Waals surface area contributed by atoms with Gasteiger partial charge in [0.1, 0.15) is 17.7 Å². The first-order chi connectivity index (χ1) is 14.1. The molecule has 3 aromatic rings. The van der Waals surface area contributed by atoms with E-state index >= 15 is 0 Å². The Morgan fingerprint density at radius 2 is 1.86 bits per heavy atom. The molecule has 1 unspecified atom stereocenters. The van der Waals surface area contributed by atoms with Gasteiger partial charge in [0.15, 0.2) is 5.43 Å². The minimum atomic E-state index is -0.567. The standard InChI is InChI=1S/C23H21NO5/c1-24-18-11-7-6-10-16(18)22(25)20(21(24)23(26)27-2)17(19-13-28-14-29-19)12-15-8-4-3-5-9-15/h3-11,13,17H,12,14H2,1-2H3. The van der Waals surface area contributed by atoms with Crippen LogP contribution in [0.5, 0.6) is 0 Å². The van der Waals surface area contributed by atoms with Crippen molar-refractivity contribution in [1.29, 1.82) is 0 Å². The number of carbonyl (C=O) groups excluding carboxylic acids is 1. The lowest BCUT2D eigenvalue weighted by molar-refractivity contribution is 0.0586. The molecule has 0 saturated heterocycles. The van der Waals surface area contributed by atoms with E-state index in [0.29, 0.717) is 28.6 Å². The summed E-state index contributed by atoms with van der Waals surface area (Å²) in [5.41, 5.74) is 2.03. The quantitative estimate of drug-likeness (QED) is 0.623. The summed E-state index contributed by atoms with van der Waals surface area (Å²) in [6.45, 7) is 0.0854. The molecule has 1 atom stereocenters. The van der Waals surface area contributed by atoms with E-state index in [9.17, 15) is 9.59 Å². The average Bonchev–Trinajstić information content (AvgIpc) is 3.29. The summed E-state index contributed by atoms with van der Waals surface area (Å²) in [6.07, 6.45) is 2.00. The van der Waals surface area contributed by atoms with Gasteiger partial charge in [0.05, 0.1) is 18.5 Å². The molecule has 0 N–H and O–H groups in total. The number of hydrogen-bond acceptors (Lipinski definition) is 5. The number of esters is 1. The second kappa shape index (κ2) is 7.83. The van der Waals surface area contributed by atoms with Crippen LogP contribution >= 0.6 is 0 Å². The molecule has 0 bridgehead atoms. The molecule has 148 valence electrons. The molecule has 4 rings (SSSR count). The Balaban J connectivity index is 2.00. The Hall–Kier alpha value is -3.54. The molecule has 2 aromatic carbocycles. The van der Waals surface area contributed by atoms with E-state index in [2.05, 4.69) is 0 Å². The number of fused-ring (bicyclic) bond motifs is 1. The van der Waals surface area contributed by atoms with Crippen LogP contribution in [0.15, 0.2) is 71.4 Å². The van der Waals surface area contributed by atoms with Crippen LogP contribution in [0.1, 0.15) is 27.5 Å². The summed E-state index contributed by atoms with van der Waals surface area (Å²) in [5.74, 6) is -0.536. The van der Waals surface area contributed by atoms with Gasteiger partial charge in [-0.05, 0) is 24.1 Å². The first-order valence-corrected chi connectivity index (χ1v) is 9.30. The van der Waals surface area contributed by atoms with Crippen molar-refractivity contribution in [3.63, 3.8) is 0 Å². The van der Waals surface area contributed by atoms with Crippen molar-refractivity contribution in [2.75, 3.05) is 13.9 Å². The molecule has 29 heavy (non-hydrogen) atoms. The molecule has 0 fully saturated rings. The van der Waals surface area contributed by atoms with Gasteiger partial charge in [-0.25, -0.2) is 4.79 Å². The number of carbonyl (C=O) groups is 1. The fourth-order valence-corrected chi connectivity index (χ4v) is 3.81. The molecule has 1 aliphatic rings. The van der Waals surface area contributed by atoms with Crippen molar-refractivity contribution in [3.05, 3.63) is 93.7 Å². The monoisotopic (exact) mass is 391 g/mol. The van der Waals surface area contributed by atoms with Crippen LogP contribution < -0.4 is 5.43 Å². The summed E-state index contributed by atoms with van der Waals surface area (Å²) in [6, 6.07) is 17.0. The topological polar surface area (TPSA) is 66.8 Å². The maximum atomic E-state index is 13.6. The van der Waals surface area contributed by atoms with Gasteiger partial charge in [-0.15, -0.1) is 0 Å². The lowest BCUT2D eigenvalue weighted by atomic mass is 9.87. The Morgan fingerprint density at radius 3 is 2.55 bits per heavy atom.